The fourth-order valence-corrected chi connectivity index (χ4v) is 2.38. The number of rotatable bonds is 2. The fourth-order valence-electron chi connectivity index (χ4n) is 2.38. The molecule has 7 heteroatoms. The highest BCUT2D eigenvalue weighted by Crippen LogP contribution is 2.32. The van der Waals surface area contributed by atoms with Gasteiger partial charge in [0.1, 0.15) is 0 Å². The summed E-state index contributed by atoms with van der Waals surface area (Å²) in [6, 6.07) is 5.23. The van der Waals surface area contributed by atoms with Gasteiger partial charge in [0.25, 0.3) is 0 Å². The van der Waals surface area contributed by atoms with Gasteiger partial charge in [-0.2, -0.15) is 0 Å². The second-order valence-corrected chi connectivity index (χ2v) is 4.66. The molecule has 1 aromatic carbocycles. The van der Waals surface area contributed by atoms with Crippen LogP contribution in [0.3, 0.4) is 0 Å². The lowest BCUT2D eigenvalue weighted by atomic mass is 9.90. The third-order valence-corrected chi connectivity index (χ3v) is 3.42. The first-order valence-corrected chi connectivity index (χ1v) is 6.26. The summed E-state index contributed by atoms with van der Waals surface area (Å²) in [4.78, 5) is 18.1. The van der Waals surface area contributed by atoms with Crippen molar-refractivity contribution in [3.63, 3.8) is 0 Å². The predicted molar refractivity (Wildman–Crippen MR) is 75.8 cm³/mol. The lowest BCUT2D eigenvalue weighted by molar-refractivity contribution is 0.524. The number of fused-ring (bicyclic) bond motifs is 1. The molecule has 1 aliphatic heterocycles. The van der Waals surface area contributed by atoms with Crippen molar-refractivity contribution >= 4 is 17.1 Å². The number of guanidine groups is 1. The molecule has 2 aromatic rings. The van der Waals surface area contributed by atoms with Gasteiger partial charge in [-0.3, -0.25) is 10.7 Å². The van der Waals surface area contributed by atoms with Crippen molar-refractivity contribution < 1.29 is 4.42 Å². The first-order chi connectivity index (χ1) is 9.53. The molecule has 0 saturated heterocycles. The van der Waals surface area contributed by atoms with Crippen LogP contribution in [0.15, 0.2) is 44.2 Å². The van der Waals surface area contributed by atoms with Crippen LogP contribution in [0.4, 0.5) is 0 Å². The smallest absolute Gasteiger partial charge is 0.408 e. The molecule has 3 rings (SSSR count). The second kappa shape index (κ2) is 4.24. The summed E-state index contributed by atoms with van der Waals surface area (Å²) in [5.74, 6) is -0.242. The number of oxazole rings is 1. The highest BCUT2D eigenvalue weighted by atomic mass is 16.4. The molecule has 0 saturated carbocycles. The van der Waals surface area contributed by atoms with Crippen LogP contribution < -0.4 is 22.5 Å². The van der Waals surface area contributed by atoms with Gasteiger partial charge in [-0.05, 0) is 24.1 Å². The van der Waals surface area contributed by atoms with Crippen LogP contribution in [-0.4, -0.2) is 10.9 Å². The summed E-state index contributed by atoms with van der Waals surface area (Å²) < 4.78 is 4.98. The van der Waals surface area contributed by atoms with Crippen molar-refractivity contribution in [2.45, 2.75) is 19.0 Å². The summed E-state index contributed by atoms with van der Waals surface area (Å²) in [6.45, 7) is 1.99. The van der Waals surface area contributed by atoms with E-state index in [0.29, 0.717) is 11.1 Å². The highest BCUT2D eigenvalue weighted by Gasteiger charge is 2.33. The molecule has 1 aliphatic rings. The van der Waals surface area contributed by atoms with Crippen LogP contribution in [0.2, 0.25) is 0 Å². The molecule has 0 fully saturated rings. The Hall–Kier alpha value is -2.54. The molecule has 7 nitrogen and oxygen atoms in total. The van der Waals surface area contributed by atoms with Crippen molar-refractivity contribution in [2.24, 2.45) is 16.5 Å². The minimum atomic E-state index is -1.04. The summed E-state index contributed by atoms with van der Waals surface area (Å²) >= 11 is 0. The van der Waals surface area contributed by atoms with Crippen LogP contribution in [0, 0.1) is 0 Å². The predicted octanol–water partition coefficient (Wildman–Crippen LogP) is 0.444. The van der Waals surface area contributed by atoms with Gasteiger partial charge in [-0.15, -0.1) is 0 Å². The van der Waals surface area contributed by atoms with E-state index in [2.05, 4.69) is 15.3 Å². The molecule has 0 radical (unpaired) electrons. The Labute approximate surface area is 114 Å². The van der Waals surface area contributed by atoms with Gasteiger partial charge in [0, 0.05) is 11.8 Å². The van der Waals surface area contributed by atoms with Gasteiger partial charge in [-0.25, -0.2) is 9.79 Å². The van der Waals surface area contributed by atoms with Crippen LogP contribution in [-0.2, 0) is 5.66 Å². The Balaban J connectivity index is 2.18. The van der Waals surface area contributed by atoms with Crippen molar-refractivity contribution in [1.82, 2.24) is 10.3 Å². The monoisotopic (exact) mass is 273 g/mol. The number of aromatic amines is 1. The number of nitrogens with one attached hydrogen (secondary N) is 2. The van der Waals surface area contributed by atoms with Crippen LogP contribution >= 0.6 is 0 Å². The molecule has 1 aromatic heterocycles. The molecule has 104 valence electrons. The Morgan fingerprint density at radius 1 is 1.45 bits per heavy atom. The van der Waals surface area contributed by atoms with Gasteiger partial charge in [0.05, 0.1) is 5.52 Å². The van der Waals surface area contributed by atoms with Crippen LogP contribution in [0.25, 0.3) is 11.1 Å². The maximum atomic E-state index is 11.2. The van der Waals surface area contributed by atoms with E-state index in [1.165, 1.54) is 0 Å². The molecular formula is C13H15N5O2. The van der Waals surface area contributed by atoms with Crippen LogP contribution in [0.1, 0.15) is 18.9 Å². The Kier molecular flexibility index (Phi) is 2.65. The summed E-state index contributed by atoms with van der Waals surface area (Å²) in [5.41, 5.74) is 13.8. The summed E-state index contributed by atoms with van der Waals surface area (Å²) in [6.07, 6.45) is 2.49. The largest absolute Gasteiger partial charge is 0.417 e. The molecule has 0 spiro atoms. The highest BCUT2D eigenvalue weighted by molar-refractivity contribution is 5.81. The fraction of sp³-hybridized carbons (Fsp3) is 0.231. The van der Waals surface area contributed by atoms with Crippen molar-refractivity contribution in [3.05, 3.63) is 46.1 Å². The topological polar surface area (TPSA) is 122 Å². The zero-order valence-electron chi connectivity index (χ0n) is 10.9. The van der Waals surface area contributed by atoms with E-state index in [0.717, 1.165) is 17.6 Å². The molecule has 1 unspecified atom stereocenters. The van der Waals surface area contributed by atoms with Crippen molar-refractivity contribution in [3.8, 4) is 0 Å². The molecule has 1 atom stereocenters. The maximum absolute atomic E-state index is 11.2. The Morgan fingerprint density at radius 2 is 2.25 bits per heavy atom. The Morgan fingerprint density at radius 3 is 3.00 bits per heavy atom. The van der Waals surface area contributed by atoms with E-state index < -0.39 is 11.4 Å². The lowest BCUT2D eigenvalue weighted by Crippen LogP contribution is -2.45. The minimum absolute atomic E-state index is 0.255. The third kappa shape index (κ3) is 1.79. The summed E-state index contributed by atoms with van der Waals surface area (Å²) in [7, 11) is 0. The normalized spacial score (nSPS) is 22.3. The Bertz CT molecular complexity index is 785. The van der Waals surface area contributed by atoms with E-state index in [1.54, 1.807) is 24.4 Å². The van der Waals surface area contributed by atoms with E-state index >= 15 is 0 Å². The van der Waals surface area contributed by atoms with Gasteiger partial charge >= 0.3 is 5.76 Å². The molecular weight excluding hydrogens is 258 g/mol. The number of hydrogen-bond acceptors (Lipinski definition) is 6. The standard InChI is InChI=1S/C13H15N5O2/c1-2-7-6-16-11(14)18-13(7,15)8-3-4-10-9(5-8)17-12(19)20-10/h3-6H,2,15H2,1H3,(H,17,19)(H3,14,16,18). The van der Waals surface area contributed by atoms with Crippen LogP contribution in [0.5, 0.6) is 0 Å². The zero-order valence-corrected chi connectivity index (χ0v) is 10.9. The SMILES string of the molecule is CCC1=CNC(N)=NC1(N)c1ccc2oc(=O)[nH]c2c1. The average molecular weight is 273 g/mol. The number of H-pyrrole nitrogens is 1. The molecule has 20 heavy (non-hydrogen) atoms. The maximum Gasteiger partial charge on any atom is 0.417 e. The molecule has 6 N–H and O–H groups in total. The number of nitrogens with two attached hydrogens (primary N) is 2. The van der Waals surface area contributed by atoms with E-state index in [9.17, 15) is 4.79 Å². The summed E-state index contributed by atoms with van der Waals surface area (Å²) in [5, 5.41) is 2.86. The zero-order chi connectivity index (χ0) is 14.3. The number of hydrogen-bond donors (Lipinski definition) is 4. The molecule has 0 aliphatic carbocycles. The number of benzene rings is 1. The third-order valence-electron chi connectivity index (χ3n) is 3.42. The number of aliphatic imine (C=N–C) groups is 1. The minimum Gasteiger partial charge on any atom is -0.408 e. The number of aromatic nitrogens is 1. The molecule has 0 bridgehead atoms. The van der Waals surface area contributed by atoms with Gasteiger partial charge in [-0.1, -0.05) is 13.0 Å². The van der Waals surface area contributed by atoms with E-state index in [1.807, 2.05) is 6.92 Å². The second-order valence-electron chi connectivity index (χ2n) is 4.66. The van der Waals surface area contributed by atoms with E-state index in [4.69, 9.17) is 15.9 Å². The van der Waals surface area contributed by atoms with Crippen molar-refractivity contribution in [1.29, 1.82) is 0 Å². The lowest BCUT2D eigenvalue weighted by Gasteiger charge is -2.31. The van der Waals surface area contributed by atoms with Gasteiger partial charge in [0.2, 0.25) is 0 Å². The average Bonchev–Trinajstić information content (AvgIpc) is 2.77. The molecule has 0 amide bonds. The molecule has 2 heterocycles. The van der Waals surface area contributed by atoms with E-state index in [-0.39, 0.29) is 5.96 Å². The number of nitrogens with zero attached hydrogens (tertiary/aromatic N) is 1. The van der Waals surface area contributed by atoms with Gasteiger partial charge in [0.15, 0.2) is 17.2 Å². The first-order valence-electron chi connectivity index (χ1n) is 6.26. The van der Waals surface area contributed by atoms with Gasteiger partial charge < -0.3 is 15.5 Å². The first kappa shape index (κ1) is 12.5. The quantitative estimate of drug-likeness (QED) is 0.632. The van der Waals surface area contributed by atoms with Crippen molar-refractivity contribution in [2.75, 3.05) is 0 Å².